The first-order valence-electron chi connectivity index (χ1n) is 7.90. The summed E-state index contributed by atoms with van der Waals surface area (Å²) in [4.78, 5) is 0. The molecule has 1 fully saturated rings. The molecule has 0 aromatic heterocycles. The smallest absolute Gasteiger partial charge is 0.109 e. The molecule has 1 rings (SSSR count). The molecule has 1 aliphatic rings. The molecule has 0 N–H and O–H groups in total. The lowest BCUT2D eigenvalue weighted by atomic mass is 9.81. The van der Waals surface area contributed by atoms with Crippen LogP contribution in [0.25, 0.3) is 0 Å². The lowest BCUT2D eigenvalue weighted by Gasteiger charge is -2.29. The molecule has 1 heterocycles. The van der Waals surface area contributed by atoms with E-state index in [0.29, 0.717) is 17.9 Å². The SMILES string of the molecule is [B]C1OC(CCP(=C)(C)CC)C(CP(=C)(C)CC)C1C. The molecule has 4 heteroatoms. The third kappa shape index (κ3) is 5.12. The van der Waals surface area contributed by atoms with Crippen LogP contribution in [0.3, 0.4) is 0 Å². The second-order valence-electron chi connectivity index (χ2n) is 7.23. The number of hydrogen-bond donors (Lipinski definition) is 0. The molecule has 0 amide bonds. The van der Waals surface area contributed by atoms with Gasteiger partial charge in [0.1, 0.15) is 7.85 Å². The normalized spacial score (nSPS) is 36.5. The zero-order valence-corrected chi connectivity index (χ0v) is 15.9. The average molecular weight is 314 g/mol. The molecule has 1 aliphatic heterocycles. The molecule has 2 radical (unpaired) electrons. The first-order valence-corrected chi connectivity index (χ1v) is 13.5. The highest BCUT2D eigenvalue weighted by Gasteiger charge is 2.39. The molecule has 6 unspecified atom stereocenters. The van der Waals surface area contributed by atoms with Crippen LogP contribution in [0.2, 0.25) is 0 Å². The second kappa shape index (κ2) is 7.26. The van der Waals surface area contributed by atoms with Crippen LogP contribution in [0.4, 0.5) is 0 Å². The Balaban J connectivity index is 2.73. The highest BCUT2D eigenvalue weighted by molar-refractivity contribution is 7.73. The molecule has 0 saturated carbocycles. The molecule has 0 aromatic rings. The third-order valence-corrected chi connectivity index (χ3v) is 10.8. The largest absolute Gasteiger partial charge is 0.384 e. The number of hydrogen-bond acceptors (Lipinski definition) is 1. The van der Waals surface area contributed by atoms with Gasteiger partial charge in [-0.2, -0.15) is 0 Å². The molecule has 6 atom stereocenters. The van der Waals surface area contributed by atoms with E-state index in [1.807, 2.05) is 0 Å². The summed E-state index contributed by atoms with van der Waals surface area (Å²) in [6.45, 7) is 9.49. The molecule has 1 saturated heterocycles. The molecule has 0 aliphatic carbocycles. The Morgan fingerprint density at radius 1 is 1.10 bits per heavy atom. The minimum atomic E-state index is -1.04. The van der Waals surface area contributed by atoms with E-state index in [9.17, 15) is 0 Å². The molecule has 0 spiro atoms. The first-order chi connectivity index (χ1) is 9.12. The summed E-state index contributed by atoms with van der Waals surface area (Å²) in [6.07, 6.45) is 15.3. The molecule has 0 aromatic carbocycles. The van der Waals surface area contributed by atoms with E-state index >= 15 is 0 Å². The molecule has 116 valence electrons. The summed E-state index contributed by atoms with van der Waals surface area (Å²) in [5.74, 6) is 1.06. The van der Waals surface area contributed by atoms with Gasteiger partial charge in [-0.3, -0.25) is 0 Å². The van der Waals surface area contributed by atoms with Gasteiger partial charge in [0.15, 0.2) is 0 Å². The fourth-order valence-electron chi connectivity index (χ4n) is 2.81. The quantitative estimate of drug-likeness (QED) is 0.514. The van der Waals surface area contributed by atoms with Crippen molar-refractivity contribution in [2.45, 2.75) is 39.3 Å². The zero-order valence-electron chi connectivity index (χ0n) is 14.1. The summed E-state index contributed by atoms with van der Waals surface area (Å²) in [5, 5.41) is 0. The Kier molecular flexibility index (Phi) is 6.78. The van der Waals surface area contributed by atoms with Crippen molar-refractivity contribution in [2.24, 2.45) is 11.8 Å². The Hall–Kier alpha value is 0.625. The maximum Gasteiger partial charge on any atom is 0.109 e. The minimum Gasteiger partial charge on any atom is -0.384 e. The van der Waals surface area contributed by atoms with Crippen molar-refractivity contribution in [2.75, 3.05) is 38.0 Å². The Bertz CT molecular complexity index is 407. The van der Waals surface area contributed by atoms with Crippen LogP contribution in [0.15, 0.2) is 0 Å². The van der Waals surface area contributed by atoms with Gasteiger partial charge in [-0.05, 0) is 56.2 Å². The molecular formula is C16H33BOP2. The van der Waals surface area contributed by atoms with Crippen LogP contribution in [0.1, 0.15) is 27.2 Å². The molecular weight excluding hydrogens is 281 g/mol. The van der Waals surface area contributed by atoms with Crippen molar-refractivity contribution in [3.05, 3.63) is 0 Å². The lowest BCUT2D eigenvalue weighted by molar-refractivity contribution is 0.0708. The molecule has 1 nitrogen and oxygen atoms in total. The van der Waals surface area contributed by atoms with Gasteiger partial charge in [0.25, 0.3) is 0 Å². The van der Waals surface area contributed by atoms with Crippen LogP contribution in [0, 0.1) is 11.8 Å². The standard InChI is InChI=1S/C16H33BOP2/c1-8-19(4,5)11-10-15-14(12-20(6,7)9-2)13(3)16(17)18-15/h13-16H,4,6,8-12H2,1-3,5,7H3. The van der Waals surface area contributed by atoms with E-state index in [2.05, 4.69) is 46.7 Å². The van der Waals surface area contributed by atoms with E-state index in [4.69, 9.17) is 12.6 Å². The minimum absolute atomic E-state index is 0.0853. The fourth-order valence-corrected chi connectivity index (χ4v) is 5.85. The zero-order chi connectivity index (χ0) is 15.6. The fraction of sp³-hybridized carbons (Fsp3) is 0.875. The third-order valence-electron chi connectivity index (χ3n) is 5.13. The van der Waals surface area contributed by atoms with Gasteiger partial charge in [-0.1, -0.05) is 20.8 Å². The highest BCUT2D eigenvalue weighted by Crippen LogP contribution is 2.49. The molecule has 0 bridgehead atoms. The first kappa shape index (κ1) is 18.7. The van der Waals surface area contributed by atoms with Gasteiger partial charge in [-0.25, -0.2) is 0 Å². The van der Waals surface area contributed by atoms with Crippen molar-refractivity contribution in [1.29, 1.82) is 0 Å². The summed E-state index contributed by atoms with van der Waals surface area (Å²) in [5.41, 5.74) is 0. The van der Waals surface area contributed by atoms with Crippen molar-refractivity contribution in [3.8, 4) is 0 Å². The van der Waals surface area contributed by atoms with Crippen LogP contribution in [0.5, 0.6) is 0 Å². The van der Waals surface area contributed by atoms with Gasteiger partial charge in [0.05, 0.1) is 6.10 Å². The average Bonchev–Trinajstić information content (AvgIpc) is 2.64. The number of ether oxygens (including phenoxy) is 1. The maximum atomic E-state index is 6.15. The van der Waals surface area contributed by atoms with E-state index in [1.165, 1.54) is 24.6 Å². The van der Waals surface area contributed by atoms with Gasteiger partial charge in [-0.15, -0.1) is 26.4 Å². The number of rotatable bonds is 7. The van der Waals surface area contributed by atoms with Crippen LogP contribution in [-0.2, 0) is 4.74 Å². The topological polar surface area (TPSA) is 9.23 Å². The van der Waals surface area contributed by atoms with E-state index in [1.54, 1.807) is 0 Å². The Morgan fingerprint density at radius 2 is 1.65 bits per heavy atom. The van der Waals surface area contributed by atoms with Gasteiger partial charge < -0.3 is 4.74 Å². The highest BCUT2D eigenvalue weighted by atomic mass is 31.2. The van der Waals surface area contributed by atoms with Gasteiger partial charge >= 0.3 is 0 Å². The van der Waals surface area contributed by atoms with Crippen molar-refractivity contribution in [3.63, 3.8) is 0 Å². The monoisotopic (exact) mass is 314 g/mol. The van der Waals surface area contributed by atoms with Crippen molar-refractivity contribution < 1.29 is 4.74 Å². The summed E-state index contributed by atoms with van der Waals surface area (Å²) in [7, 11) is 6.15. The van der Waals surface area contributed by atoms with Gasteiger partial charge in [0.2, 0.25) is 0 Å². The summed E-state index contributed by atoms with van der Waals surface area (Å²) < 4.78 is 6.07. The lowest BCUT2D eigenvalue weighted by Crippen LogP contribution is -2.25. The van der Waals surface area contributed by atoms with E-state index in [-0.39, 0.29) is 6.00 Å². The van der Waals surface area contributed by atoms with Gasteiger partial charge in [0, 0.05) is 6.00 Å². The molecule has 20 heavy (non-hydrogen) atoms. The predicted molar refractivity (Wildman–Crippen MR) is 102 cm³/mol. The summed E-state index contributed by atoms with van der Waals surface area (Å²) >= 11 is 0. The Morgan fingerprint density at radius 3 is 2.15 bits per heavy atom. The second-order valence-corrected chi connectivity index (χ2v) is 15.8. The van der Waals surface area contributed by atoms with E-state index < -0.39 is 13.8 Å². The van der Waals surface area contributed by atoms with Crippen molar-refractivity contribution in [1.82, 2.24) is 0 Å². The van der Waals surface area contributed by atoms with Crippen LogP contribution < -0.4 is 0 Å². The van der Waals surface area contributed by atoms with Crippen molar-refractivity contribution >= 4 is 34.2 Å². The van der Waals surface area contributed by atoms with Crippen LogP contribution in [-0.4, -0.2) is 70.5 Å². The predicted octanol–water partition coefficient (Wildman–Crippen LogP) is 3.72. The summed E-state index contributed by atoms with van der Waals surface area (Å²) in [6, 6.07) is -0.0853. The van der Waals surface area contributed by atoms with E-state index in [0.717, 1.165) is 6.42 Å². The maximum absolute atomic E-state index is 6.15. The Labute approximate surface area is 128 Å². The van der Waals surface area contributed by atoms with Crippen LogP contribution >= 0.6 is 13.8 Å².